The first-order valence-electron chi connectivity index (χ1n) is 7.41. The number of amides is 1. The van der Waals surface area contributed by atoms with Crippen molar-refractivity contribution in [2.75, 3.05) is 19.6 Å². The van der Waals surface area contributed by atoms with Crippen LogP contribution in [0.2, 0.25) is 0 Å². The molecule has 0 radical (unpaired) electrons. The number of nitrogens with zero attached hydrogens (tertiary/aromatic N) is 1. The van der Waals surface area contributed by atoms with Crippen LogP contribution in [0.25, 0.3) is 0 Å². The molecule has 0 aliphatic rings. The summed E-state index contributed by atoms with van der Waals surface area (Å²) in [7, 11) is 0. The van der Waals surface area contributed by atoms with E-state index in [1.165, 1.54) is 5.56 Å². The number of hydrogen-bond acceptors (Lipinski definition) is 2. The summed E-state index contributed by atoms with van der Waals surface area (Å²) >= 11 is 3.43. The van der Waals surface area contributed by atoms with Crippen molar-refractivity contribution in [3.05, 3.63) is 69.7 Å². The number of hydrogen-bond donors (Lipinski definition) is 1. The first kappa shape index (κ1) is 19.7. The Hall–Kier alpha value is -1.36. The van der Waals surface area contributed by atoms with E-state index in [4.69, 9.17) is 5.73 Å². The molecular formula is C18H22BrClN2O. The molecule has 0 heterocycles. The maximum absolute atomic E-state index is 12.8. The summed E-state index contributed by atoms with van der Waals surface area (Å²) in [5, 5.41) is 0. The summed E-state index contributed by atoms with van der Waals surface area (Å²) in [6, 6.07) is 16.0. The number of benzene rings is 2. The highest BCUT2D eigenvalue weighted by atomic mass is 79.9. The monoisotopic (exact) mass is 396 g/mol. The number of carbonyl (C=O) groups excluding carboxylic acids is 1. The molecule has 124 valence electrons. The fraction of sp³-hybridized carbons (Fsp3) is 0.278. The second-order valence-electron chi connectivity index (χ2n) is 5.28. The molecule has 0 aliphatic carbocycles. The quantitative estimate of drug-likeness (QED) is 0.805. The molecule has 5 heteroatoms. The van der Waals surface area contributed by atoms with Crippen molar-refractivity contribution >= 4 is 34.2 Å². The fourth-order valence-electron chi connectivity index (χ4n) is 2.37. The molecule has 0 saturated carbocycles. The van der Waals surface area contributed by atoms with Crippen molar-refractivity contribution < 1.29 is 4.79 Å². The van der Waals surface area contributed by atoms with E-state index in [1.807, 2.05) is 48.2 Å². The third-order valence-corrected chi connectivity index (χ3v) is 4.12. The van der Waals surface area contributed by atoms with Crippen LogP contribution >= 0.6 is 28.3 Å². The van der Waals surface area contributed by atoms with Crippen molar-refractivity contribution in [2.24, 2.45) is 5.73 Å². The molecule has 3 nitrogen and oxygen atoms in total. The van der Waals surface area contributed by atoms with E-state index < -0.39 is 0 Å². The van der Waals surface area contributed by atoms with Crippen molar-refractivity contribution in [1.29, 1.82) is 0 Å². The van der Waals surface area contributed by atoms with Gasteiger partial charge in [0.15, 0.2) is 0 Å². The normalized spacial score (nSPS) is 10.0. The molecular weight excluding hydrogens is 376 g/mol. The second kappa shape index (κ2) is 9.71. The van der Waals surface area contributed by atoms with Gasteiger partial charge in [-0.3, -0.25) is 4.79 Å². The minimum absolute atomic E-state index is 0. The van der Waals surface area contributed by atoms with Crippen LogP contribution in [0.4, 0.5) is 0 Å². The first-order chi connectivity index (χ1) is 10.6. The zero-order chi connectivity index (χ0) is 15.9. The van der Waals surface area contributed by atoms with Crippen molar-refractivity contribution in [1.82, 2.24) is 4.90 Å². The topological polar surface area (TPSA) is 46.3 Å². The second-order valence-corrected chi connectivity index (χ2v) is 6.19. The van der Waals surface area contributed by atoms with E-state index in [0.29, 0.717) is 19.6 Å². The molecule has 0 atom stereocenters. The minimum Gasteiger partial charge on any atom is -0.337 e. The predicted octanol–water partition coefficient (Wildman–Crippen LogP) is 3.82. The molecule has 0 unspecified atom stereocenters. The molecule has 0 bridgehead atoms. The van der Waals surface area contributed by atoms with Gasteiger partial charge < -0.3 is 10.6 Å². The maximum Gasteiger partial charge on any atom is 0.254 e. The van der Waals surface area contributed by atoms with Gasteiger partial charge in [-0.25, -0.2) is 0 Å². The lowest BCUT2D eigenvalue weighted by Crippen LogP contribution is -2.37. The van der Waals surface area contributed by atoms with Gasteiger partial charge in [-0.2, -0.15) is 0 Å². The van der Waals surface area contributed by atoms with E-state index in [0.717, 1.165) is 22.0 Å². The Labute approximate surface area is 152 Å². The van der Waals surface area contributed by atoms with Gasteiger partial charge in [-0.1, -0.05) is 52.3 Å². The van der Waals surface area contributed by atoms with Gasteiger partial charge >= 0.3 is 0 Å². The summed E-state index contributed by atoms with van der Waals surface area (Å²) in [6.45, 7) is 3.66. The first-order valence-corrected chi connectivity index (χ1v) is 8.20. The SMILES string of the molecule is Cc1ccc(Br)cc1C(=O)N(CCN)CCc1ccccc1.Cl. The largest absolute Gasteiger partial charge is 0.337 e. The van der Waals surface area contributed by atoms with E-state index in [-0.39, 0.29) is 18.3 Å². The van der Waals surface area contributed by atoms with Crippen LogP contribution in [-0.4, -0.2) is 30.4 Å². The third kappa shape index (κ3) is 5.65. The van der Waals surface area contributed by atoms with Crippen LogP contribution in [-0.2, 0) is 6.42 Å². The van der Waals surface area contributed by atoms with Gasteiger partial charge in [-0.05, 0) is 36.6 Å². The van der Waals surface area contributed by atoms with Crippen molar-refractivity contribution in [3.8, 4) is 0 Å². The van der Waals surface area contributed by atoms with Crippen LogP contribution in [0.15, 0.2) is 53.0 Å². The highest BCUT2D eigenvalue weighted by molar-refractivity contribution is 9.10. The molecule has 2 N–H and O–H groups in total. The molecule has 0 aliphatic heterocycles. The van der Waals surface area contributed by atoms with Gasteiger partial charge in [0.1, 0.15) is 0 Å². The number of nitrogens with two attached hydrogens (primary N) is 1. The van der Waals surface area contributed by atoms with E-state index in [1.54, 1.807) is 0 Å². The van der Waals surface area contributed by atoms with E-state index in [2.05, 4.69) is 28.1 Å². The van der Waals surface area contributed by atoms with Gasteiger partial charge in [-0.15, -0.1) is 12.4 Å². The zero-order valence-electron chi connectivity index (χ0n) is 13.2. The number of rotatable bonds is 6. The number of carbonyl (C=O) groups is 1. The molecule has 2 aromatic carbocycles. The Morgan fingerprint density at radius 3 is 2.48 bits per heavy atom. The van der Waals surface area contributed by atoms with Crippen LogP contribution in [0.1, 0.15) is 21.5 Å². The van der Waals surface area contributed by atoms with E-state index in [9.17, 15) is 4.79 Å². The van der Waals surface area contributed by atoms with Gasteiger partial charge in [0.25, 0.3) is 5.91 Å². The van der Waals surface area contributed by atoms with Crippen LogP contribution < -0.4 is 5.73 Å². The summed E-state index contributed by atoms with van der Waals surface area (Å²) < 4.78 is 0.914. The van der Waals surface area contributed by atoms with Crippen LogP contribution in [0.5, 0.6) is 0 Å². The summed E-state index contributed by atoms with van der Waals surface area (Å²) in [6.07, 6.45) is 0.833. The van der Waals surface area contributed by atoms with Gasteiger partial charge in [0.05, 0.1) is 0 Å². The average molecular weight is 398 g/mol. The smallest absolute Gasteiger partial charge is 0.254 e. The molecule has 1 amide bonds. The Balaban J connectivity index is 0.00000264. The molecule has 0 spiro atoms. The number of halogens is 2. The Morgan fingerprint density at radius 1 is 1.13 bits per heavy atom. The molecule has 0 saturated heterocycles. The Bertz CT molecular complexity index is 634. The lowest BCUT2D eigenvalue weighted by molar-refractivity contribution is 0.0761. The molecule has 2 aromatic rings. The Morgan fingerprint density at radius 2 is 1.83 bits per heavy atom. The third-order valence-electron chi connectivity index (χ3n) is 3.63. The maximum atomic E-state index is 12.8. The highest BCUT2D eigenvalue weighted by Crippen LogP contribution is 2.18. The zero-order valence-corrected chi connectivity index (χ0v) is 15.6. The summed E-state index contributed by atoms with van der Waals surface area (Å²) in [5.41, 5.74) is 8.62. The van der Waals surface area contributed by atoms with E-state index >= 15 is 0 Å². The minimum atomic E-state index is 0. The van der Waals surface area contributed by atoms with Crippen molar-refractivity contribution in [3.63, 3.8) is 0 Å². The Kier molecular flexibility index (Phi) is 8.31. The van der Waals surface area contributed by atoms with Gasteiger partial charge in [0.2, 0.25) is 0 Å². The molecule has 0 aromatic heterocycles. The lowest BCUT2D eigenvalue weighted by atomic mass is 10.1. The predicted molar refractivity (Wildman–Crippen MR) is 101 cm³/mol. The lowest BCUT2D eigenvalue weighted by Gasteiger charge is -2.23. The van der Waals surface area contributed by atoms with Gasteiger partial charge in [0, 0.05) is 29.7 Å². The molecule has 0 fully saturated rings. The van der Waals surface area contributed by atoms with Crippen LogP contribution in [0.3, 0.4) is 0 Å². The molecule has 23 heavy (non-hydrogen) atoms. The number of aryl methyl sites for hydroxylation is 1. The van der Waals surface area contributed by atoms with Crippen LogP contribution in [0, 0.1) is 6.92 Å². The average Bonchev–Trinajstić information content (AvgIpc) is 2.54. The summed E-state index contributed by atoms with van der Waals surface area (Å²) in [4.78, 5) is 14.6. The highest BCUT2D eigenvalue weighted by Gasteiger charge is 2.17. The van der Waals surface area contributed by atoms with Crippen molar-refractivity contribution in [2.45, 2.75) is 13.3 Å². The standard InChI is InChI=1S/C18H21BrN2O.ClH/c1-14-7-8-16(19)13-17(14)18(22)21(12-10-20)11-9-15-5-3-2-4-6-15;/h2-8,13H,9-12,20H2,1H3;1H. The summed E-state index contributed by atoms with van der Waals surface area (Å²) in [5.74, 6) is 0.0418. The fourth-order valence-corrected chi connectivity index (χ4v) is 2.74. The molecule has 2 rings (SSSR count).